The summed E-state index contributed by atoms with van der Waals surface area (Å²) in [4.78, 5) is 12.9. The summed E-state index contributed by atoms with van der Waals surface area (Å²) in [6.45, 7) is 4.27. The van der Waals surface area contributed by atoms with Crippen LogP contribution in [-0.4, -0.2) is 15.9 Å². The van der Waals surface area contributed by atoms with Crippen LogP contribution < -0.4 is 15.8 Å². The first-order valence-electron chi connectivity index (χ1n) is 8.29. The molecular formula is C20H21N5O. The van der Waals surface area contributed by atoms with Crippen molar-refractivity contribution in [1.29, 1.82) is 0 Å². The second-order valence-corrected chi connectivity index (χ2v) is 5.86. The number of anilines is 1. The van der Waals surface area contributed by atoms with E-state index in [9.17, 15) is 0 Å². The van der Waals surface area contributed by atoms with Crippen molar-refractivity contribution < 1.29 is 4.74 Å². The summed E-state index contributed by atoms with van der Waals surface area (Å²) in [5.41, 5.74) is 8.70. The number of nitrogens with zero attached hydrogens (tertiary/aromatic N) is 3. The summed E-state index contributed by atoms with van der Waals surface area (Å²) in [5.74, 6) is 2.31. The highest BCUT2D eigenvalue weighted by atomic mass is 16.5. The van der Waals surface area contributed by atoms with Crippen molar-refractivity contribution in [3.63, 3.8) is 0 Å². The van der Waals surface area contributed by atoms with E-state index >= 15 is 0 Å². The van der Waals surface area contributed by atoms with Gasteiger partial charge in [-0.25, -0.2) is 15.0 Å². The topological polar surface area (TPSA) is 85.4 Å². The fraction of sp³-hybridized carbons (Fsp3) is 0.150. The number of aromatic nitrogens is 2. The summed E-state index contributed by atoms with van der Waals surface area (Å²) >= 11 is 0. The third-order valence-corrected chi connectivity index (χ3v) is 3.56. The van der Waals surface area contributed by atoms with Crippen LogP contribution in [0.15, 0.2) is 65.7 Å². The Morgan fingerprint density at radius 2 is 1.58 bits per heavy atom. The number of aliphatic imine (C=N–C) groups is 1. The molecule has 0 aliphatic carbocycles. The van der Waals surface area contributed by atoms with Gasteiger partial charge in [-0.3, -0.25) is 5.32 Å². The zero-order chi connectivity index (χ0) is 18.4. The molecule has 1 heterocycles. The lowest BCUT2D eigenvalue weighted by atomic mass is 10.2. The first-order valence-corrected chi connectivity index (χ1v) is 8.29. The Hall–Kier alpha value is -3.41. The second kappa shape index (κ2) is 8.11. The second-order valence-electron chi connectivity index (χ2n) is 5.86. The van der Waals surface area contributed by atoms with Crippen LogP contribution >= 0.6 is 0 Å². The Morgan fingerprint density at radius 1 is 0.962 bits per heavy atom. The van der Waals surface area contributed by atoms with Gasteiger partial charge < -0.3 is 10.5 Å². The van der Waals surface area contributed by atoms with E-state index in [0.717, 1.165) is 28.5 Å². The number of guanidine groups is 1. The molecule has 6 nitrogen and oxygen atoms in total. The van der Waals surface area contributed by atoms with Gasteiger partial charge in [0.2, 0.25) is 5.95 Å². The number of benzene rings is 2. The highest BCUT2D eigenvalue weighted by Crippen LogP contribution is 2.21. The molecule has 6 heteroatoms. The maximum atomic E-state index is 5.92. The molecule has 0 saturated heterocycles. The molecule has 0 atom stereocenters. The Bertz CT molecular complexity index is 872. The number of ether oxygens (including phenoxy) is 1. The molecule has 26 heavy (non-hydrogen) atoms. The number of rotatable bonds is 5. The van der Waals surface area contributed by atoms with E-state index in [1.54, 1.807) is 0 Å². The van der Waals surface area contributed by atoms with Gasteiger partial charge in [0.15, 0.2) is 5.96 Å². The lowest BCUT2D eigenvalue weighted by molar-refractivity contribution is 0.482. The number of hydrogen-bond acceptors (Lipinski definition) is 4. The van der Waals surface area contributed by atoms with Gasteiger partial charge in [-0.05, 0) is 49.7 Å². The molecule has 0 unspecified atom stereocenters. The lowest BCUT2D eigenvalue weighted by Crippen LogP contribution is -2.24. The Labute approximate surface area is 152 Å². The Kier molecular flexibility index (Phi) is 5.43. The molecule has 0 radical (unpaired) electrons. The summed E-state index contributed by atoms with van der Waals surface area (Å²) in [7, 11) is 0. The van der Waals surface area contributed by atoms with Crippen LogP contribution in [0.1, 0.15) is 17.0 Å². The Morgan fingerprint density at radius 3 is 2.23 bits per heavy atom. The van der Waals surface area contributed by atoms with Gasteiger partial charge in [0.05, 0.1) is 6.54 Å². The average Bonchev–Trinajstić information content (AvgIpc) is 2.61. The molecule has 0 spiro atoms. The highest BCUT2D eigenvalue weighted by molar-refractivity contribution is 5.90. The first kappa shape index (κ1) is 17.4. The molecule has 3 rings (SSSR count). The predicted molar refractivity (Wildman–Crippen MR) is 103 cm³/mol. The third kappa shape index (κ3) is 5.04. The first-order chi connectivity index (χ1) is 12.6. The smallest absolute Gasteiger partial charge is 0.229 e. The molecule has 1 aromatic heterocycles. The molecule has 2 aromatic carbocycles. The van der Waals surface area contributed by atoms with Crippen LogP contribution in [0.3, 0.4) is 0 Å². The molecule has 132 valence electrons. The lowest BCUT2D eigenvalue weighted by Gasteiger charge is -2.07. The normalized spacial score (nSPS) is 11.2. The van der Waals surface area contributed by atoms with E-state index < -0.39 is 0 Å². The van der Waals surface area contributed by atoms with Gasteiger partial charge in [-0.1, -0.05) is 30.3 Å². The number of nitrogens with two attached hydrogens (primary N) is 1. The number of para-hydroxylation sites is 1. The number of nitrogens with one attached hydrogen (secondary N) is 1. The minimum absolute atomic E-state index is 0.277. The van der Waals surface area contributed by atoms with Crippen molar-refractivity contribution in [2.24, 2.45) is 10.7 Å². The van der Waals surface area contributed by atoms with Gasteiger partial charge in [-0.15, -0.1) is 0 Å². The fourth-order valence-electron chi connectivity index (χ4n) is 2.40. The van der Waals surface area contributed by atoms with Crippen LogP contribution in [0.2, 0.25) is 0 Å². The van der Waals surface area contributed by atoms with Crippen molar-refractivity contribution in [3.05, 3.63) is 77.6 Å². The summed E-state index contributed by atoms with van der Waals surface area (Å²) in [6, 6.07) is 19.3. The van der Waals surface area contributed by atoms with Crippen molar-refractivity contribution >= 4 is 11.9 Å². The van der Waals surface area contributed by atoms with E-state index in [1.807, 2.05) is 74.5 Å². The maximum Gasteiger partial charge on any atom is 0.229 e. The molecule has 0 fully saturated rings. The molecule has 0 aliphatic rings. The summed E-state index contributed by atoms with van der Waals surface area (Å²) in [5, 5.41) is 2.92. The molecular weight excluding hydrogens is 326 g/mol. The third-order valence-electron chi connectivity index (χ3n) is 3.56. The van der Waals surface area contributed by atoms with Gasteiger partial charge in [0.1, 0.15) is 11.5 Å². The van der Waals surface area contributed by atoms with Gasteiger partial charge in [0, 0.05) is 11.4 Å². The van der Waals surface area contributed by atoms with E-state index in [2.05, 4.69) is 20.3 Å². The fourth-order valence-corrected chi connectivity index (χ4v) is 2.40. The van der Waals surface area contributed by atoms with Crippen LogP contribution in [0.5, 0.6) is 11.5 Å². The molecule has 0 bridgehead atoms. The molecule has 3 N–H and O–H groups in total. The summed E-state index contributed by atoms with van der Waals surface area (Å²) in [6.07, 6.45) is 0. The summed E-state index contributed by atoms with van der Waals surface area (Å²) < 4.78 is 5.77. The van der Waals surface area contributed by atoms with Crippen LogP contribution in [0.4, 0.5) is 5.95 Å². The minimum atomic E-state index is 0.277. The van der Waals surface area contributed by atoms with E-state index in [-0.39, 0.29) is 5.96 Å². The van der Waals surface area contributed by atoms with Crippen LogP contribution in [0, 0.1) is 13.8 Å². The maximum absolute atomic E-state index is 5.92. The van der Waals surface area contributed by atoms with Crippen molar-refractivity contribution in [1.82, 2.24) is 9.97 Å². The molecule has 0 aliphatic heterocycles. The highest BCUT2D eigenvalue weighted by Gasteiger charge is 2.02. The van der Waals surface area contributed by atoms with Crippen LogP contribution in [-0.2, 0) is 6.54 Å². The van der Waals surface area contributed by atoms with Gasteiger partial charge in [-0.2, -0.15) is 0 Å². The van der Waals surface area contributed by atoms with Crippen LogP contribution in [0.25, 0.3) is 0 Å². The Balaban J connectivity index is 1.59. The monoisotopic (exact) mass is 347 g/mol. The average molecular weight is 347 g/mol. The predicted octanol–water partition coefficient (Wildman–Crippen LogP) is 3.81. The molecule has 3 aromatic rings. The van der Waals surface area contributed by atoms with E-state index in [0.29, 0.717) is 12.5 Å². The number of hydrogen-bond donors (Lipinski definition) is 2. The van der Waals surface area contributed by atoms with Gasteiger partial charge >= 0.3 is 0 Å². The standard InChI is InChI=1S/C20H21N5O/c1-14-12-15(2)24-20(23-14)25-19(21)22-13-16-8-10-18(11-9-16)26-17-6-4-3-5-7-17/h3-12H,13H2,1-2H3,(H3,21,22,23,24,25). The molecule has 0 saturated carbocycles. The molecule has 0 amide bonds. The van der Waals surface area contributed by atoms with Crippen molar-refractivity contribution in [2.75, 3.05) is 5.32 Å². The largest absolute Gasteiger partial charge is 0.457 e. The SMILES string of the molecule is Cc1cc(C)nc(NC(N)=NCc2ccc(Oc3ccccc3)cc2)n1. The minimum Gasteiger partial charge on any atom is -0.457 e. The van der Waals surface area contributed by atoms with E-state index in [4.69, 9.17) is 10.5 Å². The van der Waals surface area contributed by atoms with Crippen molar-refractivity contribution in [3.8, 4) is 11.5 Å². The zero-order valence-corrected chi connectivity index (χ0v) is 14.8. The number of aryl methyl sites for hydroxylation is 2. The van der Waals surface area contributed by atoms with Gasteiger partial charge in [0.25, 0.3) is 0 Å². The van der Waals surface area contributed by atoms with E-state index in [1.165, 1.54) is 0 Å². The quantitative estimate of drug-likeness (QED) is 0.541. The zero-order valence-electron chi connectivity index (χ0n) is 14.8. The van der Waals surface area contributed by atoms with Crippen molar-refractivity contribution in [2.45, 2.75) is 20.4 Å².